The van der Waals surface area contributed by atoms with Crippen LogP contribution in [0.2, 0.25) is 0 Å². The number of hydrogen-bond acceptors (Lipinski definition) is 7. The van der Waals surface area contributed by atoms with Crippen LogP contribution in [0.3, 0.4) is 0 Å². The van der Waals surface area contributed by atoms with Gasteiger partial charge in [-0.15, -0.1) is 0 Å². The standard InChI is InChI=1S/C19H25N3O4S/c1-5-19(2,3)21-18(16(11-20)27(4,23)24)22(17-13-25-14-26-17)12-15-9-7-6-8-10-15/h6-10,13,21H,5,12,14H2,1-4H3. The van der Waals surface area contributed by atoms with Crippen molar-refractivity contribution >= 4 is 9.84 Å². The first-order valence-corrected chi connectivity index (χ1v) is 10.5. The number of allylic oxidation sites excluding steroid dienone is 1. The summed E-state index contributed by atoms with van der Waals surface area (Å²) in [5, 5.41) is 12.8. The Bertz CT molecular complexity index is 868. The highest BCUT2D eigenvalue weighted by Crippen LogP contribution is 2.26. The molecule has 1 aliphatic heterocycles. The van der Waals surface area contributed by atoms with E-state index in [9.17, 15) is 13.7 Å². The highest BCUT2D eigenvalue weighted by Gasteiger charge is 2.31. The van der Waals surface area contributed by atoms with Crippen LogP contribution in [-0.4, -0.2) is 31.9 Å². The third-order valence-electron chi connectivity index (χ3n) is 4.21. The molecule has 7 nitrogen and oxygen atoms in total. The Morgan fingerprint density at radius 3 is 2.48 bits per heavy atom. The van der Waals surface area contributed by atoms with Crippen molar-refractivity contribution in [3.63, 3.8) is 0 Å². The van der Waals surface area contributed by atoms with Crippen LogP contribution >= 0.6 is 0 Å². The monoisotopic (exact) mass is 391 g/mol. The van der Waals surface area contributed by atoms with E-state index in [0.717, 1.165) is 11.8 Å². The van der Waals surface area contributed by atoms with E-state index in [0.29, 0.717) is 18.8 Å². The van der Waals surface area contributed by atoms with E-state index in [1.165, 1.54) is 6.26 Å². The molecule has 0 bridgehead atoms. The minimum Gasteiger partial charge on any atom is -0.459 e. The molecule has 1 N–H and O–H groups in total. The fourth-order valence-corrected chi connectivity index (χ4v) is 3.05. The maximum Gasteiger partial charge on any atom is 0.234 e. The fraction of sp³-hybridized carbons (Fsp3) is 0.421. The average molecular weight is 391 g/mol. The molecule has 1 aromatic rings. The van der Waals surface area contributed by atoms with Crippen molar-refractivity contribution in [2.75, 3.05) is 13.0 Å². The molecule has 0 spiro atoms. The zero-order chi connectivity index (χ0) is 20.1. The lowest BCUT2D eigenvalue weighted by atomic mass is 10.0. The van der Waals surface area contributed by atoms with Gasteiger partial charge < -0.3 is 14.8 Å². The minimum absolute atomic E-state index is 0.0336. The van der Waals surface area contributed by atoms with Gasteiger partial charge in [-0.1, -0.05) is 37.3 Å². The van der Waals surface area contributed by atoms with E-state index >= 15 is 0 Å². The molecule has 0 atom stereocenters. The summed E-state index contributed by atoms with van der Waals surface area (Å²) >= 11 is 0. The third-order valence-corrected chi connectivity index (χ3v) is 5.23. The molecule has 0 saturated heterocycles. The van der Waals surface area contributed by atoms with Gasteiger partial charge in [-0.2, -0.15) is 5.26 Å². The molecule has 2 rings (SSSR count). The molecule has 0 radical (unpaired) electrons. The Hall–Kier alpha value is -2.66. The molecule has 1 aliphatic rings. The van der Waals surface area contributed by atoms with E-state index in [1.54, 1.807) is 4.90 Å². The predicted molar refractivity (Wildman–Crippen MR) is 102 cm³/mol. The summed E-state index contributed by atoms with van der Waals surface area (Å²) in [5.74, 6) is 0.511. The Labute approximate surface area is 160 Å². The molecular formula is C19H25N3O4S. The van der Waals surface area contributed by atoms with Crippen molar-refractivity contribution in [2.45, 2.75) is 39.3 Å². The highest BCUT2D eigenvalue weighted by molar-refractivity contribution is 7.94. The second-order valence-electron chi connectivity index (χ2n) is 6.88. The number of sulfone groups is 1. The fourth-order valence-electron chi connectivity index (χ4n) is 2.38. The van der Waals surface area contributed by atoms with Crippen molar-refractivity contribution in [3.8, 4) is 6.07 Å². The lowest BCUT2D eigenvalue weighted by molar-refractivity contribution is 0.0514. The molecule has 1 aromatic carbocycles. The number of hydrogen-bond donors (Lipinski definition) is 1. The van der Waals surface area contributed by atoms with Crippen LogP contribution in [0.15, 0.2) is 53.2 Å². The smallest absolute Gasteiger partial charge is 0.234 e. The first-order valence-electron chi connectivity index (χ1n) is 8.56. The molecule has 27 heavy (non-hydrogen) atoms. The lowest BCUT2D eigenvalue weighted by Gasteiger charge is -2.34. The van der Waals surface area contributed by atoms with Gasteiger partial charge in [0.25, 0.3) is 0 Å². The molecule has 1 heterocycles. The number of ether oxygens (including phenoxy) is 2. The van der Waals surface area contributed by atoms with E-state index in [4.69, 9.17) is 9.47 Å². The van der Waals surface area contributed by atoms with Crippen LogP contribution in [0.5, 0.6) is 0 Å². The molecular weight excluding hydrogens is 366 g/mol. The summed E-state index contributed by atoms with van der Waals surface area (Å²) < 4.78 is 35.3. The molecule has 0 aromatic heterocycles. The molecule has 0 aliphatic carbocycles. The van der Waals surface area contributed by atoms with Gasteiger partial charge in [0.1, 0.15) is 18.2 Å². The second kappa shape index (κ2) is 8.35. The minimum atomic E-state index is -3.77. The number of nitriles is 1. The van der Waals surface area contributed by atoms with Crippen LogP contribution in [-0.2, 0) is 25.9 Å². The molecule has 8 heteroatoms. The topological polar surface area (TPSA) is 91.7 Å². The van der Waals surface area contributed by atoms with Gasteiger partial charge in [0.15, 0.2) is 14.7 Å². The third kappa shape index (κ3) is 5.41. The van der Waals surface area contributed by atoms with Gasteiger partial charge in [0, 0.05) is 11.8 Å². The highest BCUT2D eigenvalue weighted by atomic mass is 32.2. The van der Waals surface area contributed by atoms with E-state index < -0.39 is 15.4 Å². The van der Waals surface area contributed by atoms with Crippen molar-refractivity contribution in [2.24, 2.45) is 0 Å². The molecule has 0 fully saturated rings. The van der Waals surface area contributed by atoms with Gasteiger partial charge in [-0.3, -0.25) is 4.90 Å². The maximum absolute atomic E-state index is 12.3. The Morgan fingerprint density at radius 1 is 1.33 bits per heavy atom. The van der Waals surface area contributed by atoms with Gasteiger partial charge in [0.05, 0.1) is 6.54 Å². The predicted octanol–water partition coefficient (Wildman–Crippen LogP) is 2.81. The molecule has 146 valence electrons. The summed E-state index contributed by atoms with van der Waals surface area (Å²) in [6, 6.07) is 11.4. The van der Waals surface area contributed by atoms with E-state index in [-0.39, 0.29) is 17.5 Å². The Morgan fingerprint density at radius 2 is 2.00 bits per heavy atom. The van der Waals surface area contributed by atoms with Crippen LogP contribution in [0, 0.1) is 11.3 Å². The summed E-state index contributed by atoms with van der Waals surface area (Å²) in [5.41, 5.74) is 0.477. The van der Waals surface area contributed by atoms with Crippen LogP contribution in [0.1, 0.15) is 32.8 Å². The second-order valence-corrected chi connectivity index (χ2v) is 8.83. The summed E-state index contributed by atoms with van der Waals surface area (Å²) in [4.78, 5) is 1.27. The summed E-state index contributed by atoms with van der Waals surface area (Å²) in [7, 11) is -3.77. The number of nitrogens with zero attached hydrogens (tertiary/aromatic N) is 2. The molecule has 0 amide bonds. The number of benzene rings is 1. The largest absolute Gasteiger partial charge is 0.459 e. The van der Waals surface area contributed by atoms with Crippen molar-refractivity contribution in [1.82, 2.24) is 10.2 Å². The van der Waals surface area contributed by atoms with Crippen molar-refractivity contribution in [3.05, 3.63) is 58.8 Å². The van der Waals surface area contributed by atoms with Gasteiger partial charge in [-0.05, 0) is 25.8 Å². The first-order chi connectivity index (χ1) is 12.7. The molecule has 0 unspecified atom stereocenters. The van der Waals surface area contributed by atoms with E-state index in [1.807, 2.05) is 57.2 Å². The lowest BCUT2D eigenvalue weighted by Crippen LogP contribution is -2.44. The average Bonchev–Trinajstić information content (AvgIpc) is 3.13. The zero-order valence-electron chi connectivity index (χ0n) is 16.0. The normalized spacial score (nSPS) is 15.0. The van der Waals surface area contributed by atoms with Crippen LogP contribution in [0.4, 0.5) is 0 Å². The van der Waals surface area contributed by atoms with Gasteiger partial charge in [-0.25, -0.2) is 8.42 Å². The number of nitrogens with one attached hydrogen (secondary N) is 1. The van der Waals surface area contributed by atoms with Crippen molar-refractivity contribution in [1.29, 1.82) is 5.26 Å². The van der Waals surface area contributed by atoms with Gasteiger partial charge in [0.2, 0.25) is 12.7 Å². The Kier molecular flexibility index (Phi) is 6.39. The SMILES string of the molecule is CCC(C)(C)NC(=C(C#N)S(C)(=O)=O)N(Cc1ccccc1)C1=COCO1. The zero-order valence-corrected chi connectivity index (χ0v) is 16.8. The summed E-state index contributed by atoms with van der Waals surface area (Å²) in [6.45, 7) is 6.19. The summed E-state index contributed by atoms with van der Waals surface area (Å²) in [6.07, 6.45) is 3.16. The maximum atomic E-state index is 12.3. The van der Waals surface area contributed by atoms with Crippen LogP contribution < -0.4 is 5.32 Å². The van der Waals surface area contributed by atoms with Gasteiger partial charge >= 0.3 is 0 Å². The van der Waals surface area contributed by atoms with Crippen molar-refractivity contribution < 1.29 is 17.9 Å². The first kappa shape index (κ1) is 20.6. The van der Waals surface area contributed by atoms with Crippen LogP contribution in [0.25, 0.3) is 0 Å². The van der Waals surface area contributed by atoms with E-state index in [2.05, 4.69) is 5.32 Å². The quantitative estimate of drug-likeness (QED) is 0.681. The Balaban J connectivity index is 2.62. The number of rotatable bonds is 8. The molecule has 0 saturated carbocycles.